The fourth-order valence-electron chi connectivity index (χ4n) is 3.99. The maximum absolute atomic E-state index is 13.0. The molecule has 1 atom stereocenters. The third kappa shape index (κ3) is 3.24. The van der Waals surface area contributed by atoms with Crippen LogP contribution in [0.5, 0.6) is 0 Å². The number of urea groups is 1. The number of thiophene rings is 1. The molecule has 0 unspecified atom stereocenters. The molecule has 156 valence electrons. The number of anilines is 1. The van der Waals surface area contributed by atoms with E-state index >= 15 is 0 Å². The van der Waals surface area contributed by atoms with E-state index in [-0.39, 0.29) is 0 Å². The van der Waals surface area contributed by atoms with Crippen molar-refractivity contribution < 1.29 is 19.2 Å². The van der Waals surface area contributed by atoms with Crippen LogP contribution < -0.4 is 16.4 Å². The van der Waals surface area contributed by atoms with E-state index < -0.39 is 35.8 Å². The Kier molecular flexibility index (Phi) is 4.85. The van der Waals surface area contributed by atoms with Gasteiger partial charge in [-0.3, -0.25) is 19.3 Å². The van der Waals surface area contributed by atoms with Gasteiger partial charge in [0.2, 0.25) is 5.91 Å². The fourth-order valence-corrected chi connectivity index (χ4v) is 5.30. The second-order valence-corrected chi connectivity index (χ2v) is 8.89. The highest BCUT2D eigenvalue weighted by Crippen LogP contribution is 2.39. The Morgan fingerprint density at radius 3 is 2.60 bits per heavy atom. The van der Waals surface area contributed by atoms with E-state index in [0.29, 0.717) is 16.1 Å². The predicted octanol–water partition coefficient (Wildman–Crippen LogP) is 2.05. The van der Waals surface area contributed by atoms with Crippen LogP contribution in [0.3, 0.4) is 0 Å². The molecule has 2 aromatic rings. The van der Waals surface area contributed by atoms with Crippen LogP contribution in [0.15, 0.2) is 24.3 Å². The van der Waals surface area contributed by atoms with Crippen LogP contribution in [-0.2, 0) is 28.0 Å². The minimum Gasteiger partial charge on any atom is -0.365 e. The van der Waals surface area contributed by atoms with Crippen molar-refractivity contribution in [1.82, 2.24) is 10.2 Å². The Morgan fingerprint density at radius 1 is 1.23 bits per heavy atom. The minimum atomic E-state index is -1.24. The molecule has 9 heteroatoms. The van der Waals surface area contributed by atoms with Gasteiger partial charge in [0.1, 0.15) is 17.1 Å². The van der Waals surface area contributed by atoms with Crippen LogP contribution in [0.4, 0.5) is 9.80 Å². The lowest BCUT2D eigenvalue weighted by Gasteiger charge is -2.22. The first-order valence-corrected chi connectivity index (χ1v) is 10.5. The molecule has 5 amide bonds. The number of carbonyl (C=O) groups excluding carboxylic acids is 4. The molecule has 1 aromatic heterocycles. The van der Waals surface area contributed by atoms with Gasteiger partial charge in [-0.15, -0.1) is 11.3 Å². The lowest BCUT2D eigenvalue weighted by atomic mass is 9.91. The number of amides is 5. The number of nitrogens with zero attached hydrogens (tertiary/aromatic N) is 1. The number of carbonyl (C=O) groups is 4. The molecule has 4 N–H and O–H groups in total. The summed E-state index contributed by atoms with van der Waals surface area (Å²) < 4.78 is 0. The molecule has 0 spiro atoms. The molecular weight excluding hydrogens is 404 g/mol. The summed E-state index contributed by atoms with van der Waals surface area (Å²) in [6, 6.07) is 6.64. The van der Waals surface area contributed by atoms with Gasteiger partial charge in [0, 0.05) is 4.88 Å². The lowest BCUT2D eigenvalue weighted by molar-refractivity contribution is -0.133. The molecule has 0 saturated carbocycles. The summed E-state index contributed by atoms with van der Waals surface area (Å²) in [7, 11) is 0. The molecule has 2 heterocycles. The van der Waals surface area contributed by atoms with E-state index in [4.69, 9.17) is 5.73 Å². The molecule has 0 bridgehead atoms. The zero-order chi connectivity index (χ0) is 21.6. The van der Waals surface area contributed by atoms with Gasteiger partial charge in [-0.05, 0) is 44.2 Å². The highest BCUT2D eigenvalue weighted by Gasteiger charge is 2.49. The van der Waals surface area contributed by atoms with Crippen molar-refractivity contribution in [1.29, 1.82) is 0 Å². The van der Waals surface area contributed by atoms with E-state index in [1.165, 1.54) is 11.3 Å². The van der Waals surface area contributed by atoms with Gasteiger partial charge in [0.15, 0.2) is 0 Å². The third-order valence-electron chi connectivity index (χ3n) is 5.63. The molecular formula is C21H22N4O4S. The van der Waals surface area contributed by atoms with Gasteiger partial charge in [-0.1, -0.05) is 29.8 Å². The smallest absolute Gasteiger partial charge is 0.325 e. The summed E-state index contributed by atoms with van der Waals surface area (Å²) in [5.74, 6) is -1.66. The van der Waals surface area contributed by atoms with Gasteiger partial charge < -0.3 is 16.4 Å². The highest BCUT2D eigenvalue weighted by molar-refractivity contribution is 7.17. The summed E-state index contributed by atoms with van der Waals surface area (Å²) >= 11 is 1.33. The van der Waals surface area contributed by atoms with Crippen molar-refractivity contribution in [2.45, 2.75) is 38.6 Å². The molecule has 1 saturated heterocycles. The number of hydrogen-bond donors (Lipinski definition) is 3. The first kappa shape index (κ1) is 20.1. The molecule has 1 aliphatic carbocycles. The third-order valence-corrected chi connectivity index (χ3v) is 6.83. The number of nitrogens with one attached hydrogen (secondary N) is 2. The van der Waals surface area contributed by atoms with Gasteiger partial charge in [-0.2, -0.15) is 0 Å². The van der Waals surface area contributed by atoms with E-state index in [1.54, 1.807) is 19.1 Å². The number of rotatable bonds is 5. The minimum absolute atomic E-state index is 0.336. The second kappa shape index (κ2) is 7.24. The largest absolute Gasteiger partial charge is 0.365 e. The van der Waals surface area contributed by atoms with Crippen molar-refractivity contribution in [3.05, 3.63) is 51.4 Å². The van der Waals surface area contributed by atoms with Gasteiger partial charge in [0.25, 0.3) is 11.8 Å². The number of hydrogen-bond acceptors (Lipinski definition) is 5. The van der Waals surface area contributed by atoms with Crippen LogP contribution in [-0.4, -0.2) is 35.2 Å². The van der Waals surface area contributed by atoms with E-state index in [0.717, 1.165) is 40.2 Å². The molecule has 2 aliphatic rings. The zero-order valence-electron chi connectivity index (χ0n) is 16.7. The van der Waals surface area contributed by atoms with Crippen molar-refractivity contribution in [2.75, 3.05) is 11.9 Å². The monoisotopic (exact) mass is 426 g/mol. The standard InChI is InChI=1S/C21H22N4O4S/c1-11-6-8-12(9-7-11)21(2)19(28)25(20(29)24-21)10-15(26)23-18-16(17(22)27)13-4-3-5-14(13)30-18/h6-9H,3-5,10H2,1-2H3,(H2,22,27)(H,23,26)(H,24,29)/t21-/m0/s1. The summed E-state index contributed by atoms with van der Waals surface area (Å²) in [5, 5.41) is 5.73. The number of benzene rings is 1. The van der Waals surface area contributed by atoms with Crippen LogP contribution >= 0.6 is 11.3 Å². The molecule has 1 fully saturated rings. The Labute approximate surface area is 177 Å². The average molecular weight is 426 g/mol. The van der Waals surface area contributed by atoms with E-state index in [9.17, 15) is 19.2 Å². The van der Waals surface area contributed by atoms with E-state index in [2.05, 4.69) is 10.6 Å². The maximum Gasteiger partial charge on any atom is 0.325 e. The maximum atomic E-state index is 13.0. The number of imide groups is 1. The topological polar surface area (TPSA) is 122 Å². The van der Waals surface area contributed by atoms with E-state index in [1.807, 2.05) is 19.1 Å². The first-order valence-electron chi connectivity index (χ1n) is 9.66. The Bertz CT molecular complexity index is 1080. The summed E-state index contributed by atoms with van der Waals surface area (Å²) in [4.78, 5) is 51.9. The van der Waals surface area contributed by atoms with Gasteiger partial charge in [-0.25, -0.2) is 4.79 Å². The molecule has 30 heavy (non-hydrogen) atoms. The van der Waals surface area contributed by atoms with Crippen molar-refractivity contribution >= 4 is 40.1 Å². The normalized spacial score (nSPS) is 20.3. The average Bonchev–Trinajstić information content (AvgIpc) is 3.31. The van der Waals surface area contributed by atoms with Crippen LogP contribution in [0.25, 0.3) is 0 Å². The Balaban J connectivity index is 1.52. The number of primary amides is 1. The van der Waals surface area contributed by atoms with Crippen molar-refractivity contribution in [3.63, 3.8) is 0 Å². The molecule has 8 nitrogen and oxygen atoms in total. The SMILES string of the molecule is Cc1ccc([C@]2(C)NC(=O)N(CC(=O)Nc3sc4c(c3C(N)=O)CCC4)C2=O)cc1. The molecule has 4 rings (SSSR count). The Morgan fingerprint density at radius 2 is 1.93 bits per heavy atom. The summed E-state index contributed by atoms with van der Waals surface area (Å²) in [5.41, 5.74) is 7.17. The first-order chi connectivity index (χ1) is 14.2. The molecule has 1 aromatic carbocycles. The predicted molar refractivity (Wildman–Crippen MR) is 112 cm³/mol. The number of aryl methyl sites for hydroxylation is 2. The van der Waals surface area contributed by atoms with Crippen molar-refractivity contribution in [3.8, 4) is 0 Å². The summed E-state index contributed by atoms with van der Waals surface area (Å²) in [6.07, 6.45) is 2.55. The zero-order valence-corrected chi connectivity index (χ0v) is 17.5. The highest BCUT2D eigenvalue weighted by atomic mass is 32.1. The van der Waals surface area contributed by atoms with Crippen LogP contribution in [0.2, 0.25) is 0 Å². The van der Waals surface area contributed by atoms with Crippen molar-refractivity contribution in [2.24, 2.45) is 5.73 Å². The lowest BCUT2D eigenvalue weighted by Crippen LogP contribution is -2.42. The molecule has 1 aliphatic heterocycles. The Hall–Kier alpha value is -3.20. The number of fused-ring (bicyclic) bond motifs is 1. The summed E-state index contributed by atoms with van der Waals surface area (Å²) in [6.45, 7) is 3.09. The second-order valence-electron chi connectivity index (χ2n) is 7.79. The van der Waals surface area contributed by atoms with Gasteiger partial charge in [0.05, 0.1) is 5.56 Å². The van der Waals surface area contributed by atoms with Crippen LogP contribution in [0, 0.1) is 6.92 Å². The van der Waals surface area contributed by atoms with Crippen LogP contribution in [0.1, 0.15) is 45.3 Å². The molecule has 0 radical (unpaired) electrons. The quantitative estimate of drug-likeness (QED) is 0.634. The number of nitrogens with two attached hydrogens (primary N) is 1. The van der Waals surface area contributed by atoms with Gasteiger partial charge >= 0.3 is 6.03 Å². The fraction of sp³-hybridized carbons (Fsp3) is 0.333.